The number of ether oxygens (including phenoxy) is 3. The Labute approximate surface area is 180 Å². The number of nitrogens with zero attached hydrogens (tertiary/aromatic N) is 1. The molecule has 0 unspecified atom stereocenters. The second-order valence-corrected chi connectivity index (χ2v) is 6.58. The van der Waals surface area contributed by atoms with Crippen LogP contribution in [0.25, 0.3) is 0 Å². The first-order valence-electron chi connectivity index (χ1n) is 9.51. The Bertz CT molecular complexity index is 1040. The molecule has 7 nitrogen and oxygen atoms in total. The molecule has 0 spiro atoms. The lowest BCUT2D eigenvalue weighted by atomic mass is 10.2. The Morgan fingerprint density at radius 2 is 1.48 bits per heavy atom. The molecule has 0 radical (unpaired) electrons. The summed E-state index contributed by atoms with van der Waals surface area (Å²) in [5.41, 5.74) is 4.66. The third-order valence-corrected chi connectivity index (χ3v) is 4.21. The normalized spacial score (nSPS) is 10.5. The molecule has 7 heteroatoms. The van der Waals surface area contributed by atoms with Crippen molar-refractivity contribution < 1.29 is 23.8 Å². The van der Waals surface area contributed by atoms with E-state index >= 15 is 0 Å². The molecular weight excluding hydrogens is 396 g/mol. The van der Waals surface area contributed by atoms with E-state index in [1.165, 1.54) is 6.21 Å². The van der Waals surface area contributed by atoms with Crippen LogP contribution < -0.4 is 19.6 Å². The first-order valence-corrected chi connectivity index (χ1v) is 9.51. The van der Waals surface area contributed by atoms with E-state index < -0.39 is 5.97 Å². The maximum Gasteiger partial charge on any atom is 0.343 e. The predicted molar refractivity (Wildman–Crippen MR) is 117 cm³/mol. The van der Waals surface area contributed by atoms with Crippen LogP contribution in [0.1, 0.15) is 21.5 Å². The highest BCUT2D eigenvalue weighted by Gasteiger charge is 2.08. The Hall–Kier alpha value is -4.13. The summed E-state index contributed by atoms with van der Waals surface area (Å²) in [6.07, 6.45) is 1.48. The maximum atomic E-state index is 12.2. The van der Waals surface area contributed by atoms with Crippen LogP contribution in [0.2, 0.25) is 0 Å². The third kappa shape index (κ3) is 6.71. The fraction of sp³-hybridized carbons (Fsp3) is 0.125. The number of carbonyl (C=O) groups is 2. The third-order valence-electron chi connectivity index (χ3n) is 4.21. The zero-order valence-corrected chi connectivity index (χ0v) is 17.2. The number of hydrazone groups is 1. The van der Waals surface area contributed by atoms with Crippen molar-refractivity contribution in [1.82, 2.24) is 5.43 Å². The van der Waals surface area contributed by atoms with E-state index in [1.54, 1.807) is 67.8 Å². The van der Waals surface area contributed by atoms with Crippen LogP contribution in [0.15, 0.2) is 77.9 Å². The quantitative estimate of drug-likeness (QED) is 0.261. The molecule has 158 valence electrons. The van der Waals surface area contributed by atoms with Gasteiger partial charge in [-0.1, -0.05) is 17.7 Å². The van der Waals surface area contributed by atoms with Crippen LogP contribution in [0.5, 0.6) is 17.2 Å². The van der Waals surface area contributed by atoms with E-state index in [9.17, 15) is 9.59 Å². The second-order valence-electron chi connectivity index (χ2n) is 6.58. The minimum atomic E-state index is -0.468. The van der Waals surface area contributed by atoms with Gasteiger partial charge in [0.2, 0.25) is 0 Å². The summed E-state index contributed by atoms with van der Waals surface area (Å²) in [6.45, 7) is 1.84. The van der Waals surface area contributed by atoms with Crippen LogP contribution in [0.3, 0.4) is 0 Å². The molecule has 0 atom stereocenters. The fourth-order valence-corrected chi connectivity index (χ4v) is 2.51. The number of benzene rings is 3. The minimum absolute atomic E-state index is 0.138. The van der Waals surface area contributed by atoms with Crippen molar-refractivity contribution in [2.75, 3.05) is 13.7 Å². The second kappa shape index (κ2) is 10.6. The first kappa shape index (κ1) is 21.6. The van der Waals surface area contributed by atoms with Gasteiger partial charge in [0.25, 0.3) is 5.91 Å². The number of carbonyl (C=O) groups excluding carboxylic acids is 2. The molecule has 0 aromatic heterocycles. The summed E-state index contributed by atoms with van der Waals surface area (Å²) in [7, 11) is 1.56. The van der Waals surface area contributed by atoms with Crippen LogP contribution in [0.4, 0.5) is 0 Å². The van der Waals surface area contributed by atoms with Crippen molar-refractivity contribution in [3.8, 4) is 17.2 Å². The predicted octanol–water partition coefficient (Wildman–Crippen LogP) is 3.75. The Balaban J connectivity index is 1.45. The highest BCUT2D eigenvalue weighted by Crippen LogP contribution is 2.16. The van der Waals surface area contributed by atoms with E-state index in [1.807, 2.05) is 19.1 Å². The van der Waals surface area contributed by atoms with Crippen molar-refractivity contribution in [2.24, 2.45) is 5.10 Å². The van der Waals surface area contributed by atoms with Crippen LogP contribution in [0, 0.1) is 6.92 Å². The summed E-state index contributed by atoms with van der Waals surface area (Å²) >= 11 is 0. The molecule has 0 bridgehead atoms. The number of rotatable bonds is 8. The number of nitrogens with one attached hydrogen (secondary N) is 1. The van der Waals surface area contributed by atoms with Crippen molar-refractivity contribution in [2.45, 2.75) is 6.92 Å². The molecule has 0 fully saturated rings. The Morgan fingerprint density at radius 1 is 0.871 bits per heavy atom. The minimum Gasteiger partial charge on any atom is -0.497 e. The van der Waals surface area contributed by atoms with E-state index in [0.29, 0.717) is 22.8 Å². The standard InChI is InChI=1S/C24H22N2O5/c1-17-3-9-21(10-4-17)30-16-23(27)26-25-15-18-5-11-22(12-6-18)31-24(28)19-7-13-20(29-2)14-8-19/h3-15H,16H2,1-2H3,(H,26,27)/b25-15-. The molecule has 0 aliphatic heterocycles. The summed E-state index contributed by atoms with van der Waals surface area (Å²) < 4.78 is 15.8. The van der Waals surface area contributed by atoms with Gasteiger partial charge in [-0.2, -0.15) is 5.10 Å². The molecule has 3 aromatic carbocycles. The van der Waals surface area contributed by atoms with Gasteiger partial charge < -0.3 is 14.2 Å². The first-order chi connectivity index (χ1) is 15.0. The van der Waals surface area contributed by atoms with Gasteiger partial charge >= 0.3 is 5.97 Å². The SMILES string of the molecule is COc1ccc(C(=O)Oc2ccc(/C=N\NC(=O)COc3ccc(C)cc3)cc2)cc1. The number of esters is 1. The van der Waals surface area contributed by atoms with Crippen LogP contribution in [-0.4, -0.2) is 31.8 Å². The van der Waals surface area contributed by atoms with Crippen molar-refractivity contribution >= 4 is 18.1 Å². The van der Waals surface area contributed by atoms with E-state index in [-0.39, 0.29) is 12.5 Å². The highest BCUT2D eigenvalue weighted by molar-refractivity contribution is 5.91. The maximum absolute atomic E-state index is 12.2. The average Bonchev–Trinajstić information content (AvgIpc) is 2.80. The largest absolute Gasteiger partial charge is 0.497 e. The molecular formula is C24H22N2O5. The van der Waals surface area contributed by atoms with Gasteiger partial charge in [-0.15, -0.1) is 0 Å². The topological polar surface area (TPSA) is 86.2 Å². The van der Waals surface area contributed by atoms with Crippen molar-refractivity contribution in [1.29, 1.82) is 0 Å². The zero-order valence-electron chi connectivity index (χ0n) is 17.2. The highest BCUT2D eigenvalue weighted by atomic mass is 16.5. The molecule has 0 saturated carbocycles. The number of amides is 1. The van der Waals surface area contributed by atoms with Gasteiger partial charge in [-0.3, -0.25) is 4.79 Å². The summed E-state index contributed by atoms with van der Waals surface area (Å²) in [4.78, 5) is 24.0. The van der Waals surface area contributed by atoms with Gasteiger partial charge in [0.1, 0.15) is 17.2 Å². The van der Waals surface area contributed by atoms with Gasteiger partial charge in [0, 0.05) is 0 Å². The lowest BCUT2D eigenvalue weighted by molar-refractivity contribution is -0.123. The molecule has 0 aliphatic carbocycles. The molecule has 0 saturated heterocycles. The van der Waals surface area contributed by atoms with Gasteiger partial charge in [-0.05, 0) is 73.2 Å². The molecule has 3 rings (SSSR count). The van der Waals surface area contributed by atoms with Crippen LogP contribution in [-0.2, 0) is 4.79 Å². The summed E-state index contributed by atoms with van der Waals surface area (Å²) in [6, 6.07) is 20.8. The van der Waals surface area contributed by atoms with Crippen molar-refractivity contribution in [3.05, 3.63) is 89.5 Å². The zero-order chi connectivity index (χ0) is 22.1. The Kier molecular flexibility index (Phi) is 7.37. The van der Waals surface area contributed by atoms with E-state index in [2.05, 4.69) is 10.5 Å². The number of hydrogen-bond donors (Lipinski definition) is 1. The monoisotopic (exact) mass is 418 g/mol. The van der Waals surface area contributed by atoms with Gasteiger partial charge in [0.05, 0.1) is 18.9 Å². The Morgan fingerprint density at radius 3 is 2.13 bits per heavy atom. The molecule has 31 heavy (non-hydrogen) atoms. The molecule has 1 N–H and O–H groups in total. The molecule has 0 aliphatic rings. The number of methoxy groups -OCH3 is 1. The van der Waals surface area contributed by atoms with Crippen LogP contribution >= 0.6 is 0 Å². The van der Waals surface area contributed by atoms with Gasteiger partial charge in [0.15, 0.2) is 6.61 Å². The van der Waals surface area contributed by atoms with Gasteiger partial charge in [-0.25, -0.2) is 10.2 Å². The molecule has 0 heterocycles. The molecule has 1 amide bonds. The summed E-state index contributed by atoms with van der Waals surface area (Å²) in [5, 5.41) is 3.90. The lowest BCUT2D eigenvalue weighted by Gasteiger charge is -2.06. The molecule has 3 aromatic rings. The smallest absolute Gasteiger partial charge is 0.343 e. The van der Waals surface area contributed by atoms with E-state index in [0.717, 1.165) is 11.1 Å². The summed E-state index contributed by atoms with van der Waals surface area (Å²) in [5.74, 6) is 0.832. The van der Waals surface area contributed by atoms with Crippen molar-refractivity contribution in [3.63, 3.8) is 0 Å². The lowest BCUT2D eigenvalue weighted by Crippen LogP contribution is -2.24. The average molecular weight is 418 g/mol. The number of hydrogen-bond acceptors (Lipinski definition) is 6. The van der Waals surface area contributed by atoms with E-state index in [4.69, 9.17) is 14.2 Å². The fourth-order valence-electron chi connectivity index (χ4n) is 2.51. The number of aryl methyl sites for hydroxylation is 1.